The number of ether oxygens (including phenoxy) is 1. The van der Waals surface area contributed by atoms with E-state index in [9.17, 15) is 22.8 Å². The van der Waals surface area contributed by atoms with Gasteiger partial charge in [0.2, 0.25) is 0 Å². The molecule has 0 bridgehead atoms. The van der Waals surface area contributed by atoms with E-state index in [1.54, 1.807) is 6.92 Å². The first-order valence-electron chi connectivity index (χ1n) is 6.14. The van der Waals surface area contributed by atoms with Crippen LogP contribution in [-0.2, 0) is 22.4 Å². The Kier molecular flexibility index (Phi) is 5.89. The molecule has 9 heteroatoms. The van der Waals surface area contributed by atoms with Gasteiger partial charge in [-0.25, -0.2) is 4.98 Å². The first-order chi connectivity index (χ1) is 9.69. The van der Waals surface area contributed by atoms with Gasteiger partial charge in [-0.2, -0.15) is 13.2 Å². The van der Waals surface area contributed by atoms with Crippen LogP contribution in [0.2, 0.25) is 0 Å². The van der Waals surface area contributed by atoms with Crippen LogP contribution < -0.4 is 5.56 Å². The molecule has 0 aliphatic heterocycles. The molecule has 6 nitrogen and oxygen atoms in total. The highest BCUT2D eigenvalue weighted by Crippen LogP contribution is 2.14. The van der Waals surface area contributed by atoms with Crippen molar-refractivity contribution in [1.29, 1.82) is 0 Å². The minimum Gasteiger partial charge on any atom is -0.481 e. The molecule has 1 aromatic heterocycles. The number of aromatic nitrogens is 2. The largest absolute Gasteiger partial charge is 0.481 e. The zero-order valence-corrected chi connectivity index (χ0v) is 11.3. The van der Waals surface area contributed by atoms with Crippen molar-refractivity contribution in [3.63, 3.8) is 0 Å². The van der Waals surface area contributed by atoms with E-state index in [-0.39, 0.29) is 37.3 Å². The summed E-state index contributed by atoms with van der Waals surface area (Å²) >= 11 is 0. The fourth-order valence-corrected chi connectivity index (χ4v) is 1.67. The molecule has 0 aliphatic rings. The third-order valence-corrected chi connectivity index (χ3v) is 2.61. The summed E-state index contributed by atoms with van der Waals surface area (Å²) < 4.78 is 40.0. The molecule has 1 heterocycles. The third kappa shape index (κ3) is 6.39. The van der Waals surface area contributed by atoms with Crippen LogP contribution >= 0.6 is 0 Å². The molecule has 0 spiro atoms. The van der Waals surface area contributed by atoms with Crippen LogP contribution in [0.15, 0.2) is 4.79 Å². The van der Waals surface area contributed by atoms with E-state index in [1.807, 2.05) is 0 Å². The Balaban J connectivity index is 2.62. The first kappa shape index (κ1) is 17.2. The van der Waals surface area contributed by atoms with Gasteiger partial charge in [0.1, 0.15) is 12.4 Å². The quantitative estimate of drug-likeness (QED) is 0.739. The van der Waals surface area contributed by atoms with Crippen LogP contribution in [0, 0.1) is 6.92 Å². The molecule has 118 valence electrons. The summed E-state index contributed by atoms with van der Waals surface area (Å²) in [6, 6.07) is 0. The highest BCUT2D eigenvalue weighted by molar-refractivity contribution is 5.67. The van der Waals surface area contributed by atoms with Gasteiger partial charge in [0.25, 0.3) is 5.56 Å². The summed E-state index contributed by atoms with van der Waals surface area (Å²) in [4.78, 5) is 28.7. The lowest BCUT2D eigenvalue weighted by atomic mass is 10.1. The molecule has 0 atom stereocenters. The molecule has 0 amide bonds. The smallest absolute Gasteiger partial charge is 0.411 e. The normalized spacial score (nSPS) is 11.6. The second-order valence-electron chi connectivity index (χ2n) is 4.39. The summed E-state index contributed by atoms with van der Waals surface area (Å²) in [6.07, 6.45) is -4.50. The second-order valence-corrected chi connectivity index (χ2v) is 4.39. The van der Waals surface area contributed by atoms with E-state index in [0.717, 1.165) is 0 Å². The summed E-state index contributed by atoms with van der Waals surface area (Å²) in [5.41, 5.74) is 0.151. The maximum atomic E-state index is 11.9. The Morgan fingerprint density at radius 2 is 2.05 bits per heavy atom. The Hall–Kier alpha value is -1.90. The maximum absolute atomic E-state index is 11.9. The lowest BCUT2D eigenvalue weighted by Crippen LogP contribution is -2.22. The monoisotopic (exact) mass is 308 g/mol. The third-order valence-electron chi connectivity index (χ3n) is 2.61. The molecule has 0 radical (unpaired) electrons. The van der Waals surface area contributed by atoms with Crippen molar-refractivity contribution in [2.75, 3.05) is 13.2 Å². The second kappa shape index (κ2) is 7.21. The van der Waals surface area contributed by atoms with E-state index in [2.05, 4.69) is 14.7 Å². The number of carbonyl (C=O) groups is 1. The number of alkyl halides is 3. The van der Waals surface area contributed by atoms with Crippen molar-refractivity contribution < 1.29 is 27.8 Å². The fraction of sp³-hybridized carbons (Fsp3) is 0.583. The number of rotatable bonds is 7. The first-order valence-corrected chi connectivity index (χ1v) is 6.14. The maximum Gasteiger partial charge on any atom is 0.411 e. The molecule has 1 aromatic rings. The molecule has 0 fully saturated rings. The van der Waals surface area contributed by atoms with Crippen molar-refractivity contribution >= 4 is 5.97 Å². The predicted octanol–water partition coefficient (Wildman–Crippen LogP) is 1.22. The van der Waals surface area contributed by atoms with Gasteiger partial charge in [-0.05, 0) is 13.3 Å². The van der Waals surface area contributed by atoms with Gasteiger partial charge in [-0.1, -0.05) is 0 Å². The number of aromatic amines is 1. The number of halogens is 3. The van der Waals surface area contributed by atoms with Crippen LogP contribution in [0.25, 0.3) is 0 Å². The predicted molar refractivity (Wildman–Crippen MR) is 66.1 cm³/mol. The van der Waals surface area contributed by atoms with Crippen LogP contribution in [0.1, 0.15) is 23.5 Å². The van der Waals surface area contributed by atoms with Crippen molar-refractivity contribution in [3.05, 3.63) is 27.4 Å². The van der Waals surface area contributed by atoms with Crippen LogP contribution in [0.3, 0.4) is 0 Å². The fourth-order valence-electron chi connectivity index (χ4n) is 1.67. The highest BCUT2D eigenvalue weighted by atomic mass is 19.4. The van der Waals surface area contributed by atoms with Gasteiger partial charge in [0.05, 0.1) is 6.61 Å². The zero-order chi connectivity index (χ0) is 16.0. The molecule has 2 N–H and O–H groups in total. The Bertz CT molecular complexity index is 554. The molecule has 0 unspecified atom stereocenters. The lowest BCUT2D eigenvalue weighted by molar-refractivity contribution is -0.173. The Morgan fingerprint density at radius 3 is 2.57 bits per heavy atom. The Labute approximate surface area is 118 Å². The van der Waals surface area contributed by atoms with Crippen LogP contribution in [-0.4, -0.2) is 40.4 Å². The van der Waals surface area contributed by atoms with Gasteiger partial charge >= 0.3 is 12.1 Å². The number of carboxylic acid groups (broad SMARTS) is 1. The van der Waals surface area contributed by atoms with E-state index >= 15 is 0 Å². The number of carboxylic acids is 1. The minimum absolute atomic E-state index is 0.0331. The van der Waals surface area contributed by atoms with Crippen LogP contribution in [0.5, 0.6) is 0 Å². The summed E-state index contributed by atoms with van der Waals surface area (Å²) in [6.45, 7) is -0.0320. The minimum atomic E-state index is -4.39. The van der Waals surface area contributed by atoms with Gasteiger partial charge in [-0.3, -0.25) is 9.59 Å². The van der Waals surface area contributed by atoms with Crippen molar-refractivity contribution in [1.82, 2.24) is 9.97 Å². The van der Waals surface area contributed by atoms with Gasteiger partial charge in [0, 0.05) is 24.1 Å². The van der Waals surface area contributed by atoms with Crippen molar-refractivity contribution in [2.45, 2.75) is 32.4 Å². The average Bonchev–Trinajstić information content (AvgIpc) is 2.32. The van der Waals surface area contributed by atoms with Crippen molar-refractivity contribution in [3.8, 4) is 0 Å². The molecule has 0 aliphatic carbocycles. The van der Waals surface area contributed by atoms with E-state index in [0.29, 0.717) is 5.69 Å². The number of nitrogens with zero attached hydrogens (tertiary/aromatic N) is 1. The number of H-pyrrole nitrogens is 1. The number of hydrogen-bond donors (Lipinski definition) is 2. The van der Waals surface area contributed by atoms with Gasteiger partial charge < -0.3 is 14.8 Å². The average molecular weight is 308 g/mol. The molecule has 21 heavy (non-hydrogen) atoms. The molecule has 0 saturated carbocycles. The molecule has 1 rings (SSSR count). The zero-order valence-electron chi connectivity index (χ0n) is 11.3. The molecule has 0 aromatic carbocycles. The molecular formula is C12H15F3N2O4. The van der Waals surface area contributed by atoms with E-state index in [4.69, 9.17) is 5.11 Å². The Morgan fingerprint density at radius 1 is 1.38 bits per heavy atom. The standard InChI is InChI=1S/C12H15F3N2O4/c1-7-8(2-3-10(18)19)11(20)17-9(16-7)4-5-21-6-12(13,14)15/h2-6H2,1H3,(H,18,19)(H,16,17,20). The lowest BCUT2D eigenvalue weighted by Gasteiger charge is -2.08. The molecule has 0 saturated heterocycles. The topological polar surface area (TPSA) is 92.3 Å². The summed E-state index contributed by atoms with van der Waals surface area (Å²) in [5, 5.41) is 8.58. The SMILES string of the molecule is Cc1nc(CCOCC(F)(F)F)[nH]c(=O)c1CCC(=O)O. The molecular weight excluding hydrogens is 293 g/mol. The number of aliphatic carboxylic acids is 1. The number of hydrogen-bond acceptors (Lipinski definition) is 4. The van der Waals surface area contributed by atoms with Crippen LogP contribution in [0.4, 0.5) is 13.2 Å². The number of nitrogens with one attached hydrogen (secondary N) is 1. The van der Waals surface area contributed by atoms with Gasteiger partial charge in [-0.15, -0.1) is 0 Å². The highest BCUT2D eigenvalue weighted by Gasteiger charge is 2.27. The van der Waals surface area contributed by atoms with E-state index < -0.39 is 24.3 Å². The number of aryl methyl sites for hydroxylation is 1. The van der Waals surface area contributed by atoms with Crippen molar-refractivity contribution in [2.24, 2.45) is 0 Å². The van der Waals surface area contributed by atoms with E-state index in [1.165, 1.54) is 0 Å². The summed E-state index contributed by atoms with van der Waals surface area (Å²) in [5.74, 6) is -0.822. The summed E-state index contributed by atoms with van der Waals surface area (Å²) in [7, 11) is 0. The van der Waals surface area contributed by atoms with Gasteiger partial charge in [0.15, 0.2) is 0 Å².